The van der Waals surface area contributed by atoms with E-state index >= 15 is 0 Å². The van der Waals surface area contributed by atoms with Crippen molar-refractivity contribution in [3.05, 3.63) is 64.8 Å². The molecule has 1 heterocycles. The van der Waals surface area contributed by atoms with Crippen LogP contribution in [-0.4, -0.2) is 37.4 Å². The molecule has 0 bridgehead atoms. The second kappa shape index (κ2) is 9.25. The van der Waals surface area contributed by atoms with Gasteiger partial charge in [-0.2, -0.15) is 0 Å². The van der Waals surface area contributed by atoms with Crippen molar-refractivity contribution in [1.29, 1.82) is 0 Å². The highest BCUT2D eigenvalue weighted by Crippen LogP contribution is 2.29. The number of amides is 3. The lowest BCUT2D eigenvalue weighted by Crippen LogP contribution is -2.47. The first-order chi connectivity index (χ1) is 13.9. The highest BCUT2D eigenvalue weighted by molar-refractivity contribution is 6.33. The van der Waals surface area contributed by atoms with Crippen LogP contribution in [0.1, 0.15) is 12.5 Å². The third-order valence-electron chi connectivity index (χ3n) is 4.25. The molecule has 150 valence electrons. The van der Waals surface area contributed by atoms with Crippen molar-refractivity contribution in [3.63, 3.8) is 0 Å². The number of hydrogen-bond acceptors (Lipinski definition) is 4. The van der Waals surface area contributed by atoms with Gasteiger partial charge in [-0.15, -0.1) is 0 Å². The Labute approximate surface area is 173 Å². The predicted octanol–water partition coefficient (Wildman–Crippen LogP) is 2.39. The molecule has 3 N–H and O–H groups in total. The monoisotopic (exact) mass is 412 g/mol. The average Bonchev–Trinajstić information content (AvgIpc) is 2.68. The number of benzene rings is 2. The summed E-state index contributed by atoms with van der Waals surface area (Å²) in [6.45, 7) is 2.78. The van der Waals surface area contributed by atoms with Crippen molar-refractivity contribution in [2.45, 2.75) is 6.92 Å². The largest absolute Gasteiger partial charge is 0.359 e. The van der Waals surface area contributed by atoms with Crippen LogP contribution in [0.4, 0.5) is 11.4 Å². The number of nitrogens with zero attached hydrogens (tertiary/aromatic N) is 1. The summed E-state index contributed by atoms with van der Waals surface area (Å²) in [4.78, 5) is 37.7. The molecule has 3 amide bonds. The van der Waals surface area contributed by atoms with Gasteiger partial charge in [0.05, 0.1) is 17.3 Å². The molecule has 2 aromatic rings. The standard InChI is InChI=1S/C21H21ClN4O3/c1-14(27)24-18(11-15-5-3-2-4-6-15)21(29)25-16-7-8-19(17(22)12-16)26-10-9-23-20(28)13-26/h2-8,11-12H,9-10,13H2,1H3,(H,23,28)(H,24,27)(H,25,29)/b18-11+. The minimum atomic E-state index is -0.467. The Morgan fingerprint density at radius 1 is 1.17 bits per heavy atom. The summed E-state index contributed by atoms with van der Waals surface area (Å²) in [6, 6.07) is 14.3. The van der Waals surface area contributed by atoms with E-state index in [0.29, 0.717) is 23.8 Å². The number of hydrogen-bond donors (Lipinski definition) is 3. The number of nitrogens with one attached hydrogen (secondary N) is 3. The molecule has 3 rings (SSSR count). The van der Waals surface area contributed by atoms with Gasteiger partial charge < -0.3 is 20.9 Å². The second-order valence-electron chi connectivity index (χ2n) is 6.54. The number of anilines is 2. The van der Waals surface area contributed by atoms with E-state index in [4.69, 9.17) is 11.6 Å². The first-order valence-electron chi connectivity index (χ1n) is 9.09. The van der Waals surface area contributed by atoms with Crippen molar-refractivity contribution in [1.82, 2.24) is 10.6 Å². The zero-order chi connectivity index (χ0) is 20.8. The van der Waals surface area contributed by atoms with E-state index in [-0.39, 0.29) is 24.1 Å². The normalized spacial score (nSPS) is 14.2. The molecule has 0 spiro atoms. The van der Waals surface area contributed by atoms with Gasteiger partial charge in [0.15, 0.2) is 0 Å². The van der Waals surface area contributed by atoms with Gasteiger partial charge in [0.25, 0.3) is 5.91 Å². The van der Waals surface area contributed by atoms with Crippen LogP contribution in [-0.2, 0) is 14.4 Å². The summed E-state index contributed by atoms with van der Waals surface area (Å²) in [5.41, 5.74) is 2.11. The first kappa shape index (κ1) is 20.4. The van der Waals surface area contributed by atoms with Crippen LogP contribution in [0.5, 0.6) is 0 Å². The molecule has 1 fully saturated rings. The lowest BCUT2D eigenvalue weighted by molar-refractivity contribution is -0.121. The van der Waals surface area contributed by atoms with Crippen molar-refractivity contribution in [2.24, 2.45) is 0 Å². The third kappa shape index (κ3) is 5.58. The lowest BCUT2D eigenvalue weighted by Gasteiger charge is -2.29. The van der Waals surface area contributed by atoms with Gasteiger partial charge in [-0.3, -0.25) is 14.4 Å². The number of carbonyl (C=O) groups excluding carboxylic acids is 3. The van der Waals surface area contributed by atoms with Gasteiger partial charge in [-0.1, -0.05) is 41.9 Å². The van der Waals surface area contributed by atoms with Crippen LogP contribution < -0.4 is 20.9 Å². The number of rotatable bonds is 5. The maximum absolute atomic E-state index is 12.7. The Hall–Kier alpha value is -3.32. The molecule has 0 saturated carbocycles. The number of carbonyl (C=O) groups is 3. The third-order valence-corrected chi connectivity index (χ3v) is 4.55. The molecular formula is C21H21ClN4O3. The van der Waals surface area contributed by atoms with Gasteiger partial charge in [0.1, 0.15) is 5.70 Å². The Kier molecular flexibility index (Phi) is 6.51. The number of halogens is 1. The highest BCUT2D eigenvalue weighted by Gasteiger charge is 2.19. The minimum Gasteiger partial charge on any atom is -0.359 e. The Bertz CT molecular complexity index is 960. The minimum absolute atomic E-state index is 0.0595. The van der Waals surface area contributed by atoms with Crippen molar-refractivity contribution in [3.8, 4) is 0 Å². The van der Waals surface area contributed by atoms with Crippen molar-refractivity contribution >= 4 is 46.8 Å². The van der Waals surface area contributed by atoms with Crippen LogP contribution in [0.15, 0.2) is 54.2 Å². The summed E-state index contributed by atoms with van der Waals surface area (Å²) in [7, 11) is 0. The zero-order valence-electron chi connectivity index (χ0n) is 15.9. The van der Waals surface area contributed by atoms with Crippen LogP contribution >= 0.6 is 11.6 Å². The van der Waals surface area contributed by atoms with Gasteiger partial charge in [0.2, 0.25) is 11.8 Å². The van der Waals surface area contributed by atoms with Crippen LogP contribution in [0.3, 0.4) is 0 Å². The summed E-state index contributed by atoms with van der Waals surface area (Å²) >= 11 is 6.38. The van der Waals surface area contributed by atoms with Crippen LogP contribution in [0.2, 0.25) is 5.02 Å². The maximum atomic E-state index is 12.7. The lowest BCUT2D eigenvalue weighted by atomic mass is 10.2. The molecule has 29 heavy (non-hydrogen) atoms. The summed E-state index contributed by atoms with van der Waals surface area (Å²) in [6.07, 6.45) is 1.60. The number of piperazine rings is 1. The Balaban J connectivity index is 1.77. The van der Waals surface area contributed by atoms with E-state index in [9.17, 15) is 14.4 Å². The van der Waals surface area contributed by atoms with Crippen molar-refractivity contribution < 1.29 is 14.4 Å². The van der Waals surface area contributed by atoms with Crippen LogP contribution in [0, 0.1) is 0 Å². The molecule has 1 aliphatic rings. The van der Waals surface area contributed by atoms with E-state index < -0.39 is 5.91 Å². The summed E-state index contributed by atoms with van der Waals surface area (Å²) < 4.78 is 0. The smallest absolute Gasteiger partial charge is 0.272 e. The molecule has 0 aromatic heterocycles. The van der Waals surface area contributed by atoms with Gasteiger partial charge in [-0.05, 0) is 29.8 Å². The fraction of sp³-hybridized carbons (Fsp3) is 0.190. The molecule has 7 nitrogen and oxygen atoms in total. The van der Waals surface area contributed by atoms with Gasteiger partial charge in [-0.25, -0.2) is 0 Å². The fourth-order valence-corrected chi connectivity index (χ4v) is 3.25. The molecule has 1 aliphatic heterocycles. The topological polar surface area (TPSA) is 90.5 Å². The van der Waals surface area contributed by atoms with E-state index in [1.165, 1.54) is 6.92 Å². The van der Waals surface area contributed by atoms with E-state index in [0.717, 1.165) is 11.3 Å². The molecule has 0 atom stereocenters. The summed E-state index contributed by atoms with van der Waals surface area (Å²) in [5, 5.41) is 8.49. The molecule has 8 heteroatoms. The molecule has 0 aliphatic carbocycles. The first-order valence-corrected chi connectivity index (χ1v) is 9.47. The average molecular weight is 413 g/mol. The molecule has 0 radical (unpaired) electrons. The second-order valence-corrected chi connectivity index (χ2v) is 6.95. The molecule has 0 unspecified atom stereocenters. The fourth-order valence-electron chi connectivity index (χ4n) is 2.95. The Morgan fingerprint density at radius 2 is 1.93 bits per heavy atom. The van der Waals surface area contributed by atoms with Crippen molar-refractivity contribution in [2.75, 3.05) is 29.9 Å². The zero-order valence-corrected chi connectivity index (χ0v) is 16.6. The van der Waals surface area contributed by atoms with E-state index in [1.54, 1.807) is 24.3 Å². The van der Waals surface area contributed by atoms with E-state index in [2.05, 4.69) is 16.0 Å². The van der Waals surface area contributed by atoms with Gasteiger partial charge in [0, 0.05) is 25.7 Å². The maximum Gasteiger partial charge on any atom is 0.272 e. The molecular weight excluding hydrogens is 392 g/mol. The van der Waals surface area contributed by atoms with E-state index in [1.807, 2.05) is 35.2 Å². The van der Waals surface area contributed by atoms with Gasteiger partial charge >= 0.3 is 0 Å². The SMILES string of the molecule is CC(=O)N/C(=C/c1ccccc1)C(=O)Nc1ccc(N2CCNC(=O)C2)c(Cl)c1. The predicted molar refractivity (Wildman–Crippen MR) is 114 cm³/mol. The Morgan fingerprint density at radius 3 is 2.59 bits per heavy atom. The summed E-state index contributed by atoms with van der Waals surface area (Å²) in [5.74, 6) is -0.875. The molecule has 2 aromatic carbocycles. The molecule has 1 saturated heterocycles. The van der Waals surface area contributed by atoms with Crippen LogP contribution in [0.25, 0.3) is 6.08 Å². The highest BCUT2D eigenvalue weighted by atomic mass is 35.5. The quantitative estimate of drug-likeness (QED) is 0.658.